The van der Waals surface area contributed by atoms with E-state index in [-0.39, 0.29) is 6.04 Å². The van der Waals surface area contributed by atoms with Gasteiger partial charge in [-0.1, -0.05) is 61.9 Å². The predicted molar refractivity (Wildman–Crippen MR) is 156 cm³/mol. The van der Waals surface area contributed by atoms with E-state index in [0.29, 0.717) is 18.1 Å². The van der Waals surface area contributed by atoms with Crippen LogP contribution >= 0.6 is 0 Å². The van der Waals surface area contributed by atoms with Gasteiger partial charge in [-0.2, -0.15) is 5.10 Å². The fraction of sp³-hybridized carbons (Fsp3) is 0.265. The zero-order valence-corrected chi connectivity index (χ0v) is 23.0. The van der Waals surface area contributed by atoms with Crippen molar-refractivity contribution >= 4 is 5.71 Å². The molecule has 0 bridgehead atoms. The van der Waals surface area contributed by atoms with Crippen LogP contribution in [0.1, 0.15) is 60.7 Å². The molecule has 40 heavy (non-hydrogen) atoms. The topological polar surface area (TPSA) is 52.5 Å². The smallest absolute Gasteiger partial charge is 0.214 e. The van der Waals surface area contributed by atoms with E-state index in [1.165, 1.54) is 0 Å². The second kappa shape index (κ2) is 11.7. The molecule has 0 saturated carbocycles. The van der Waals surface area contributed by atoms with Crippen molar-refractivity contribution in [1.29, 1.82) is 0 Å². The molecule has 0 amide bonds. The first kappa shape index (κ1) is 25.8. The Balaban J connectivity index is 1.27. The SMILES string of the molecule is CCCCOc1ccc(C2=NN3[C@@H](C2)c2ccccc2O[C@H]3c2ccc(OCc3ccccc3)c(OC)c2)cc1. The van der Waals surface area contributed by atoms with Crippen molar-refractivity contribution in [2.24, 2.45) is 5.10 Å². The van der Waals surface area contributed by atoms with Gasteiger partial charge in [0, 0.05) is 17.5 Å². The molecule has 0 N–H and O–H groups in total. The van der Waals surface area contributed by atoms with Crippen LogP contribution in [0.4, 0.5) is 0 Å². The molecular weight excluding hydrogens is 500 g/mol. The average molecular weight is 535 g/mol. The summed E-state index contributed by atoms with van der Waals surface area (Å²) in [5.41, 5.74) is 5.32. The Morgan fingerprint density at radius 2 is 1.68 bits per heavy atom. The zero-order chi connectivity index (χ0) is 27.3. The molecule has 0 spiro atoms. The van der Waals surface area contributed by atoms with Crippen LogP contribution in [0.5, 0.6) is 23.0 Å². The van der Waals surface area contributed by atoms with E-state index in [1.54, 1.807) is 7.11 Å². The molecule has 204 valence electrons. The number of hydrogen-bond acceptors (Lipinski definition) is 6. The first-order valence-electron chi connectivity index (χ1n) is 13.9. The van der Waals surface area contributed by atoms with E-state index < -0.39 is 6.23 Å². The largest absolute Gasteiger partial charge is 0.494 e. The number of unbranched alkanes of at least 4 members (excludes halogenated alkanes) is 1. The molecule has 6 nitrogen and oxygen atoms in total. The Labute approximate surface area is 235 Å². The summed E-state index contributed by atoms with van der Waals surface area (Å²) in [5, 5.41) is 7.19. The molecule has 0 fully saturated rings. The van der Waals surface area contributed by atoms with Crippen molar-refractivity contribution in [2.45, 2.75) is 45.1 Å². The van der Waals surface area contributed by atoms with Crippen molar-refractivity contribution in [1.82, 2.24) is 5.01 Å². The predicted octanol–water partition coefficient (Wildman–Crippen LogP) is 7.70. The van der Waals surface area contributed by atoms with Gasteiger partial charge < -0.3 is 18.9 Å². The molecule has 0 aliphatic carbocycles. The van der Waals surface area contributed by atoms with Crippen molar-refractivity contribution in [3.8, 4) is 23.0 Å². The second-order valence-electron chi connectivity index (χ2n) is 10.1. The van der Waals surface area contributed by atoms with Crippen LogP contribution in [0.25, 0.3) is 0 Å². The number of para-hydroxylation sites is 1. The quantitative estimate of drug-likeness (QED) is 0.195. The molecule has 0 saturated heterocycles. The molecule has 0 radical (unpaired) electrons. The molecule has 2 aliphatic heterocycles. The van der Waals surface area contributed by atoms with Gasteiger partial charge >= 0.3 is 0 Å². The summed E-state index contributed by atoms with van der Waals surface area (Å²) < 4.78 is 24.3. The van der Waals surface area contributed by atoms with Gasteiger partial charge in [-0.3, -0.25) is 0 Å². The number of hydrazone groups is 1. The molecule has 0 unspecified atom stereocenters. The number of methoxy groups -OCH3 is 1. The first-order valence-corrected chi connectivity index (χ1v) is 13.9. The lowest BCUT2D eigenvalue weighted by Gasteiger charge is -2.38. The zero-order valence-electron chi connectivity index (χ0n) is 23.0. The third-order valence-electron chi connectivity index (χ3n) is 7.36. The van der Waals surface area contributed by atoms with Gasteiger partial charge in [0.05, 0.1) is 25.5 Å². The molecule has 4 aromatic carbocycles. The maximum absolute atomic E-state index is 6.56. The number of fused-ring (bicyclic) bond motifs is 3. The van der Waals surface area contributed by atoms with Crippen LogP contribution in [0.3, 0.4) is 0 Å². The Morgan fingerprint density at radius 3 is 2.48 bits per heavy atom. The minimum atomic E-state index is -0.397. The Morgan fingerprint density at radius 1 is 0.875 bits per heavy atom. The maximum atomic E-state index is 6.56. The molecule has 6 rings (SSSR count). The van der Waals surface area contributed by atoms with Crippen LogP contribution in [-0.2, 0) is 6.61 Å². The lowest BCUT2D eigenvalue weighted by Crippen LogP contribution is -2.33. The van der Waals surface area contributed by atoms with Crippen LogP contribution in [-0.4, -0.2) is 24.4 Å². The van der Waals surface area contributed by atoms with Gasteiger partial charge in [0.25, 0.3) is 0 Å². The average Bonchev–Trinajstić information content (AvgIpc) is 3.46. The lowest BCUT2D eigenvalue weighted by atomic mass is 9.96. The highest BCUT2D eigenvalue weighted by molar-refractivity contribution is 6.02. The fourth-order valence-corrected chi connectivity index (χ4v) is 5.20. The van der Waals surface area contributed by atoms with Gasteiger partial charge in [0.1, 0.15) is 18.1 Å². The van der Waals surface area contributed by atoms with Gasteiger partial charge in [0.15, 0.2) is 11.5 Å². The summed E-state index contributed by atoms with van der Waals surface area (Å²) in [6.45, 7) is 3.37. The van der Waals surface area contributed by atoms with E-state index >= 15 is 0 Å². The summed E-state index contributed by atoms with van der Waals surface area (Å²) in [4.78, 5) is 0. The Kier molecular flexibility index (Phi) is 7.58. The third kappa shape index (κ3) is 5.34. The molecule has 0 aromatic heterocycles. The summed E-state index contributed by atoms with van der Waals surface area (Å²) >= 11 is 0. The maximum Gasteiger partial charge on any atom is 0.214 e. The highest BCUT2D eigenvalue weighted by Gasteiger charge is 2.41. The summed E-state index contributed by atoms with van der Waals surface area (Å²) in [6.07, 6.45) is 2.57. The first-order chi connectivity index (χ1) is 19.7. The van der Waals surface area contributed by atoms with Gasteiger partial charge in [0.2, 0.25) is 6.23 Å². The normalized spacial score (nSPS) is 17.4. The van der Waals surface area contributed by atoms with Crippen molar-refractivity contribution in [3.63, 3.8) is 0 Å². The lowest BCUT2D eigenvalue weighted by molar-refractivity contribution is -0.0191. The highest BCUT2D eigenvalue weighted by Crippen LogP contribution is 2.48. The van der Waals surface area contributed by atoms with Gasteiger partial charge in [-0.05, 0) is 66.1 Å². The third-order valence-corrected chi connectivity index (χ3v) is 7.36. The van der Waals surface area contributed by atoms with Crippen LogP contribution in [0, 0.1) is 0 Å². The van der Waals surface area contributed by atoms with E-state index in [1.807, 2.05) is 72.8 Å². The van der Waals surface area contributed by atoms with Crippen molar-refractivity contribution in [2.75, 3.05) is 13.7 Å². The second-order valence-corrected chi connectivity index (χ2v) is 10.1. The van der Waals surface area contributed by atoms with E-state index in [2.05, 4.69) is 36.2 Å². The van der Waals surface area contributed by atoms with Crippen LogP contribution in [0.2, 0.25) is 0 Å². The summed E-state index contributed by atoms with van der Waals surface area (Å²) in [7, 11) is 1.66. The molecule has 4 aromatic rings. The van der Waals surface area contributed by atoms with Crippen LogP contribution in [0.15, 0.2) is 102 Å². The van der Waals surface area contributed by atoms with E-state index in [9.17, 15) is 0 Å². The number of rotatable bonds is 10. The standard InChI is InChI=1S/C34H34N2O4/c1-3-4-20-38-27-17-14-25(15-18-27)29-22-30-28-12-8-9-13-31(28)40-34(36(30)35-29)26-16-19-32(33(21-26)37-2)39-23-24-10-6-5-7-11-24/h5-19,21,30,34H,3-4,20,22-23H2,1-2H3/t30-,34-/m0/s1. The molecule has 2 aliphatic rings. The van der Waals surface area contributed by atoms with E-state index in [0.717, 1.165) is 65.3 Å². The number of ether oxygens (including phenoxy) is 4. The Bertz CT molecular complexity index is 1470. The molecular formula is C34H34N2O4. The molecule has 6 heteroatoms. The van der Waals surface area contributed by atoms with E-state index in [4.69, 9.17) is 24.0 Å². The minimum Gasteiger partial charge on any atom is -0.494 e. The highest BCUT2D eigenvalue weighted by atomic mass is 16.5. The van der Waals surface area contributed by atoms with Gasteiger partial charge in [-0.15, -0.1) is 0 Å². The monoisotopic (exact) mass is 534 g/mol. The molecule has 2 atom stereocenters. The summed E-state index contributed by atoms with van der Waals surface area (Å²) in [5.74, 6) is 3.12. The minimum absolute atomic E-state index is 0.0745. The van der Waals surface area contributed by atoms with Gasteiger partial charge in [-0.25, -0.2) is 5.01 Å². The summed E-state index contributed by atoms with van der Waals surface area (Å²) in [6, 6.07) is 32.7. The number of nitrogens with zero attached hydrogens (tertiary/aromatic N) is 2. The van der Waals surface area contributed by atoms with Crippen molar-refractivity contribution in [3.05, 3.63) is 119 Å². The van der Waals surface area contributed by atoms with Crippen LogP contribution < -0.4 is 18.9 Å². The Hall–Kier alpha value is -4.45. The fourth-order valence-electron chi connectivity index (χ4n) is 5.20. The number of benzene rings is 4. The molecule has 2 heterocycles. The number of hydrogen-bond donors (Lipinski definition) is 0. The van der Waals surface area contributed by atoms with Crippen molar-refractivity contribution < 1.29 is 18.9 Å².